The third-order valence-electron chi connectivity index (χ3n) is 10.8. The van der Waals surface area contributed by atoms with Crippen molar-refractivity contribution in [2.75, 3.05) is 0 Å². The summed E-state index contributed by atoms with van der Waals surface area (Å²) in [6, 6.07) is 0. The monoisotopic (exact) mass is 458 g/mol. The number of carbonyl (C=O) groups excluding carboxylic acids is 1. The van der Waals surface area contributed by atoms with E-state index in [4.69, 9.17) is 0 Å². The first kappa shape index (κ1) is 24.9. The summed E-state index contributed by atoms with van der Waals surface area (Å²) in [5.41, 5.74) is 2.73. The van der Waals surface area contributed by atoms with Crippen LogP contribution in [0, 0.1) is 46.3 Å². The third-order valence-corrected chi connectivity index (χ3v) is 12.1. The lowest BCUT2D eigenvalue weighted by Gasteiger charge is -2.58. The van der Waals surface area contributed by atoms with Gasteiger partial charge in [-0.05, 0) is 97.7 Å². The van der Waals surface area contributed by atoms with E-state index in [2.05, 4.69) is 40.7 Å². The SMILES string of the molecule is CCC(=O)S[C@H]1CC[C@@]2(C)C(=CC[C@@H]3[C@H]4CC[C@@H]([C@H](C)CCCC(C)C)[C@@]4(C)CC[C@H]32)C1. The zero-order chi connectivity index (χ0) is 23.1. The van der Waals surface area contributed by atoms with Crippen molar-refractivity contribution >= 4 is 16.9 Å². The molecule has 3 fully saturated rings. The molecule has 4 aliphatic rings. The Hall–Kier alpha value is -0.240. The highest BCUT2D eigenvalue weighted by Gasteiger charge is 2.59. The number of allylic oxidation sites excluding steroid dienone is 2. The average Bonchev–Trinajstić information content (AvgIpc) is 3.11. The molecule has 0 aromatic heterocycles. The van der Waals surface area contributed by atoms with Crippen molar-refractivity contribution in [1.29, 1.82) is 0 Å². The smallest absolute Gasteiger partial charge is 0.188 e. The molecule has 0 aromatic carbocycles. The van der Waals surface area contributed by atoms with Gasteiger partial charge in [-0.3, -0.25) is 4.79 Å². The molecule has 0 heterocycles. The minimum Gasteiger partial charge on any atom is -0.287 e. The zero-order valence-electron chi connectivity index (χ0n) is 21.9. The fourth-order valence-electron chi connectivity index (χ4n) is 9.02. The molecule has 182 valence electrons. The lowest BCUT2D eigenvalue weighted by molar-refractivity contribution is -0.110. The highest BCUT2D eigenvalue weighted by atomic mass is 32.2. The largest absolute Gasteiger partial charge is 0.287 e. The molecule has 0 bridgehead atoms. The van der Waals surface area contributed by atoms with Crippen molar-refractivity contribution in [1.82, 2.24) is 0 Å². The van der Waals surface area contributed by atoms with Gasteiger partial charge in [0.25, 0.3) is 0 Å². The minimum atomic E-state index is 0.390. The van der Waals surface area contributed by atoms with Crippen molar-refractivity contribution in [2.45, 2.75) is 124 Å². The van der Waals surface area contributed by atoms with Crippen LogP contribution in [-0.4, -0.2) is 10.4 Å². The maximum Gasteiger partial charge on any atom is 0.188 e. The van der Waals surface area contributed by atoms with Gasteiger partial charge in [-0.25, -0.2) is 0 Å². The second-order valence-corrected chi connectivity index (χ2v) is 14.4. The third kappa shape index (κ3) is 4.52. The first-order valence-electron chi connectivity index (χ1n) is 14.1. The molecular weight excluding hydrogens is 408 g/mol. The Labute approximate surface area is 203 Å². The highest BCUT2D eigenvalue weighted by Crippen LogP contribution is 2.67. The predicted molar refractivity (Wildman–Crippen MR) is 140 cm³/mol. The van der Waals surface area contributed by atoms with Crippen LogP contribution < -0.4 is 0 Å². The molecule has 0 saturated heterocycles. The van der Waals surface area contributed by atoms with E-state index in [1.54, 1.807) is 17.3 Å². The average molecular weight is 459 g/mol. The second kappa shape index (κ2) is 9.79. The number of carbonyl (C=O) groups is 1. The topological polar surface area (TPSA) is 17.1 Å². The number of hydrogen-bond donors (Lipinski definition) is 0. The Bertz CT molecular complexity index is 710. The molecule has 2 heteroatoms. The van der Waals surface area contributed by atoms with Gasteiger partial charge in [-0.15, -0.1) is 0 Å². The van der Waals surface area contributed by atoms with Crippen LogP contribution in [0.4, 0.5) is 0 Å². The molecule has 0 unspecified atom stereocenters. The molecule has 0 spiro atoms. The first-order chi connectivity index (χ1) is 15.2. The van der Waals surface area contributed by atoms with E-state index in [0.717, 1.165) is 35.5 Å². The van der Waals surface area contributed by atoms with Gasteiger partial charge < -0.3 is 0 Å². The Morgan fingerprint density at radius 3 is 2.56 bits per heavy atom. The molecule has 1 nitrogen and oxygen atoms in total. The molecule has 3 saturated carbocycles. The van der Waals surface area contributed by atoms with E-state index in [1.165, 1.54) is 70.6 Å². The number of fused-ring (bicyclic) bond motifs is 5. The zero-order valence-corrected chi connectivity index (χ0v) is 22.7. The summed E-state index contributed by atoms with van der Waals surface area (Å²) < 4.78 is 0. The maximum absolute atomic E-state index is 12.0. The summed E-state index contributed by atoms with van der Waals surface area (Å²) in [5, 5.41) is 0.926. The van der Waals surface area contributed by atoms with E-state index < -0.39 is 0 Å². The second-order valence-electron chi connectivity index (χ2n) is 13.0. The fourth-order valence-corrected chi connectivity index (χ4v) is 10.1. The van der Waals surface area contributed by atoms with Gasteiger partial charge in [-0.1, -0.05) is 84.2 Å². The summed E-state index contributed by atoms with van der Waals surface area (Å²) in [6.07, 6.45) is 18.6. The van der Waals surface area contributed by atoms with Crippen molar-refractivity contribution in [3.8, 4) is 0 Å². The van der Waals surface area contributed by atoms with Crippen molar-refractivity contribution in [3.63, 3.8) is 0 Å². The van der Waals surface area contributed by atoms with Crippen LogP contribution in [0.15, 0.2) is 11.6 Å². The van der Waals surface area contributed by atoms with Crippen LogP contribution in [0.25, 0.3) is 0 Å². The summed E-state index contributed by atoms with van der Waals surface area (Å²) in [6.45, 7) is 14.7. The first-order valence-corrected chi connectivity index (χ1v) is 15.0. The lowest BCUT2D eigenvalue weighted by atomic mass is 9.47. The molecular formula is C30H50OS. The van der Waals surface area contributed by atoms with Gasteiger partial charge in [0.2, 0.25) is 0 Å². The van der Waals surface area contributed by atoms with Gasteiger partial charge in [0, 0.05) is 11.7 Å². The van der Waals surface area contributed by atoms with Crippen LogP contribution in [0.3, 0.4) is 0 Å². The minimum absolute atomic E-state index is 0.390. The summed E-state index contributed by atoms with van der Waals surface area (Å²) in [4.78, 5) is 12.0. The van der Waals surface area contributed by atoms with E-state index >= 15 is 0 Å². The molecule has 4 aliphatic carbocycles. The molecule has 0 aliphatic heterocycles. The maximum atomic E-state index is 12.0. The van der Waals surface area contributed by atoms with Crippen molar-refractivity contribution in [2.24, 2.45) is 46.3 Å². The van der Waals surface area contributed by atoms with E-state index in [0.29, 0.717) is 27.6 Å². The van der Waals surface area contributed by atoms with Gasteiger partial charge in [0.15, 0.2) is 5.12 Å². The van der Waals surface area contributed by atoms with Crippen molar-refractivity contribution in [3.05, 3.63) is 11.6 Å². The van der Waals surface area contributed by atoms with Gasteiger partial charge in [0.1, 0.15) is 0 Å². The molecule has 0 amide bonds. The van der Waals surface area contributed by atoms with Gasteiger partial charge in [-0.2, -0.15) is 0 Å². The standard InChI is InChI=1S/C30H50OS/c1-7-28(31)32-23-15-17-29(5)22(19-23)11-12-24-26-14-13-25(21(4)10-8-9-20(2)3)30(26,6)18-16-27(24)29/h11,20-21,23-27H,7-10,12-19H2,1-6H3/t21-,23+,24-,25+,26-,27-,29+,30-/m1/s1. The predicted octanol–water partition coefficient (Wildman–Crippen LogP) is 9.07. The normalized spacial score (nSPS) is 42.1. The summed E-state index contributed by atoms with van der Waals surface area (Å²) in [5.74, 6) is 5.45. The molecule has 0 radical (unpaired) electrons. The lowest BCUT2D eigenvalue weighted by Crippen LogP contribution is -2.50. The summed E-state index contributed by atoms with van der Waals surface area (Å²) >= 11 is 1.65. The number of hydrogen-bond acceptors (Lipinski definition) is 2. The van der Waals surface area contributed by atoms with Crippen LogP contribution in [-0.2, 0) is 4.79 Å². The van der Waals surface area contributed by atoms with Crippen LogP contribution in [0.1, 0.15) is 119 Å². The summed E-state index contributed by atoms with van der Waals surface area (Å²) in [7, 11) is 0. The quantitative estimate of drug-likeness (QED) is 0.354. The van der Waals surface area contributed by atoms with E-state index in [9.17, 15) is 4.79 Å². The number of thioether (sulfide) groups is 1. The molecule has 0 aromatic rings. The molecule has 4 rings (SSSR count). The fraction of sp³-hybridized carbons (Fsp3) is 0.900. The Balaban J connectivity index is 1.45. The van der Waals surface area contributed by atoms with E-state index in [-0.39, 0.29) is 0 Å². The van der Waals surface area contributed by atoms with Crippen LogP contribution in [0.5, 0.6) is 0 Å². The molecule has 8 atom stereocenters. The Morgan fingerprint density at radius 1 is 1.06 bits per heavy atom. The van der Waals surface area contributed by atoms with E-state index in [1.807, 2.05) is 6.92 Å². The van der Waals surface area contributed by atoms with Crippen LogP contribution >= 0.6 is 11.8 Å². The van der Waals surface area contributed by atoms with Crippen molar-refractivity contribution < 1.29 is 4.79 Å². The molecule has 0 N–H and O–H groups in total. The Kier molecular flexibility index (Phi) is 7.61. The Morgan fingerprint density at radius 2 is 1.84 bits per heavy atom. The van der Waals surface area contributed by atoms with Crippen LogP contribution in [0.2, 0.25) is 0 Å². The number of rotatable bonds is 7. The highest BCUT2D eigenvalue weighted by molar-refractivity contribution is 8.14. The van der Waals surface area contributed by atoms with Gasteiger partial charge >= 0.3 is 0 Å². The van der Waals surface area contributed by atoms with Gasteiger partial charge in [0.05, 0.1) is 0 Å². The molecule has 32 heavy (non-hydrogen) atoms.